The van der Waals surface area contributed by atoms with E-state index in [1.807, 2.05) is 30.3 Å². The largest absolute Gasteiger partial charge is 0.149 e. The molecule has 0 aliphatic rings. The summed E-state index contributed by atoms with van der Waals surface area (Å²) in [6, 6.07) is 16.4. The standard InChI is InChI=1S/C20H19ClN2S/c1-13-9-15(3)18(10-14(13)2)19-7-8-20(23-22-19)24-12-16-5-4-6-17(21)11-16/h4-11H,12H2,1-3H3. The van der Waals surface area contributed by atoms with E-state index >= 15 is 0 Å². The summed E-state index contributed by atoms with van der Waals surface area (Å²) in [5.74, 6) is 0.831. The molecule has 0 bridgehead atoms. The minimum Gasteiger partial charge on any atom is -0.149 e. The van der Waals surface area contributed by atoms with E-state index in [2.05, 4.69) is 49.2 Å². The van der Waals surface area contributed by atoms with Crippen molar-refractivity contribution >= 4 is 23.4 Å². The molecule has 0 aliphatic heterocycles. The molecule has 3 aromatic rings. The van der Waals surface area contributed by atoms with Gasteiger partial charge in [-0.25, -0.2) is 0 Å². The third-order valence-electron chi connectivity index (χ3n) is 4.03. The molecule has 122 valence electrons. The molecule has 0 spiro atoms. The van der Waals surface area contributed by atoms with Gasteiger partial charge in [-0.3, -0.25) is 0 Å². The van der Waals surface area contributed by atoms with Crippen molar-refractivity contribution in [3.63, 3.8) is 0 Å². The predicted molar refractivity (Wildman–Crippen MR) is 103 cm³/mol. The van der Waals surface area contributed by atoms with Gasteiger partial charge in [0.25, 0.3) is 0 Å². The van der Waals surface area contributed by atoms with Crippen molar-refractivity contribution in [2.45, 2.75) is 31.6 Å². The van der Waals surface area contributed by atoms with Crippen molar-refractivity contribution in [3.05, 3.63) is 75.8 Å². The highest BCUT2D eigenvalue weighted by atomic mass is 35.5. The van der Waals surface area contributed by atoms with Gasteiger partial charge < -0.3 is 0 Å². The van der Waals surface area contributed by atoms with Gasteiger partial charge in [-0.1, -0.05) is 41.6 Å². The van der Waals surface area contributed by atoms with Crippen molar-refractivity contribution < 1.29 is 0 Å². The molecular formula is C20H19ClN2S. The van der Waals surface area contributed by atoms with Crippen LogP contribution in [0.5, 0.6) is 0 Å². The molecule has 0 saturated heterocycles. The summed E-state index contributed by atoms with van der Waals surface area (Å²) in [5, 5.41) is 10.5. The summed E-state index contributed by atoms with van der Waals surface area (Å²) in [6.07, 6.45) is 0. The molecule has 2 aromatic carbocycles. The van der Waals surface area contributed by atoms with E-state index in [0.29, 0.717) is 0 Å². The van der Waals surface area contributed by atoms with Crippen LogP contribution in [0.3, 0.4) is 0 Å². The second kappa shape index (κ2) is 7.37. The van der Waals surface area contributed by atoms with E-state index < -0.39 is 0 Å². The lowest BCUT2D eigenvalue weighted by molar-refractivity contribution is 0.934. The fraction of sp³-hybridized carbons (Fsp3) is 0.200. The Labute approximate surface area is 152 Å². The number of rotatable bonds is 4. The molecule has 1 heterocycles. The Bertz CT molecular complexity index is 860. The molecule has 0 fully saturated rings. The smallest absolute Gasteiger partial charge is 0.119 e. The van der Waals surface area contributed by atoms with E-state index in [9.17, 15) is 0 Å². The van der Waals surface area contributed by atoms with Gasteiger partial charge >= 0.3 is 0 Å². The molecule has 24 heavy (non-hydrogen) atoms. The number of hydrogen-bond donors (Lipinski definition) is 0. The molecule has 0 amide bonds. The Morgan fingerprint density at radius 2 is 1.67 bits per heavy atom. The number of halogens is 1. The molecule has 3 rings (SSSR count). The van der Waals surface area contributed by atoms with Crippen LogP contribution in [0.25, 0.3) is 11.3 Å². The second-order valence-electron chi connectivity index (χ2n) is 5.93. The summed E-state index contributed by atoms with van der Waals surface area (Å²) in [5.41, 5.74) is 7.06. The molecule has 0 radical (unpaired) electrons. The molecule has 0 aliphatic carbocycles. The molecule has 4 heteroatoms. The summed E-state index contributed by atoms with van der Waals surface area (Å²) in [7, 11) is 0. The van der Waals surface area contributed by atoms with Crippen molar-refractivity contribution in [1.82, 2.24) is 10.2 Å². The van der Waals surface area contributed by atoms with E-state index in [1.54, 1.807) is 11.8 Å². The SMILES string of the molecule is Cc1cc(C)c(-c2ccc(SCc3cccc(Cl)c3)nn2)cc1C. The Hall–Kier alpha value is -1.84. The zero-order valence-electron chi connectivity index (χ0n) is 14.0. The maximum absolute atomic E-state index is 6.02. The van der Waals surface area contributed by atoms with Crippen molar-refractivity contribution in [1.29, 1.82) is 0 Å². The van der Waals surface area contributed by atoms with Gasteiger partial charge in [-0.15, -0.1) is 10.2 Å². The number of thioether (sulfide) groups is 1. The van der Waals surface area contributed by atoms with Gasteiger partial charge in [0.2, 0.25) is 0 Å². The maximum atomic E-state index is 6.02. The third-order valence-corrected chi connectivity index (χ3v) is 5.26. The molecule has 0 atom stereocenters. The normalized spacial score (nSPS) is 10.8. The van der Waals surface area contributed by atoms with Gasteiger partial charge in [0.1, 0.15) is 5.03 Å². The fourth-order valence-corrected chi connectivity index (χ4v) is 3.53. The molecular weight excluding hydrogens is 336 g/mol. The summed E-state index contributed by atoms with van der Waals surface area (Å²) >= 11 is 7.68. The number of hydrogen-bond acceptors (Lipinski definition) is 3. The van der Waals surface area contributed by atoms with Crippen LogP contribution < -0.4 is 0 Å². The van der Waals surface area contributed by atoms with E-state index in [4.69, 9.17) is 11.6 Å². The minimum absolute atomic E-state index is 0.764. The van der Waals surface area contributed by atoms with E-state index in [1.165, 1.54) is 22.3 Å². The number of aryl methyl sites for hydroxylation is 3. The lowest BCUT2D eigenvalue weighted by Crippen LogP contribution is -1.94. The van der Waals surface area contributed by atoms with Gasteiger partial charge in [-0.2, -0.15) is 0 Å². The number of nitrogens with zero attached hydrogens (tertiary/aromatic N) is 2. The van der Waals surface area contributed by atoms with E-state index in [-0.39, 0.29) is 0 Å². The summed E-state index contributed by atoms with van der Waals surface area (Å²) in [4.78, 5) is 0. The highest BCUT2D eigenvalue weighted by molar-refractivity contribution is 7.98. The first-order chi connectivity index (χ1) is 11.5. The quantitative estimate of drug-likeness (QED) is 0.536. The zero-order chi connectivity index (χ0) is 17.1. The van der Waals surface area contributed by atoms with Crippen LogP contribution in [0, 0.1) is 20.8 Å². The topological polar surface area (TPSA) is 25.8 Å². The van der Waals surface area contributed by atoms with Crippen molar-refractivity contribution in [2.24, 2.45) is 0 Å². The summed E-state index contributed by atoms with van der Waals surface area (Å²) in [6.45, 7) is 6.37. The number of benzene rings is 2. The van der Waals surface area contributed by atoms with Crippen LogP contribution in [0.4, 0.5) is 0 Å². The van der Waals surface area contributed by atoms with Gasteiger partial charge in [0.15, 0.2) is 0 Å². The zero-order valence-corrected chi connectivity index (χ0v) is 15.6. The molecule has 1 aromatic heterocycles. The minimum atomic E-state index is 0.764. The van der Waals surface area contributed by atoms with Crippen molar-refractivity contribution in [3.8, 4) is 11.3 Å². The monoisotopic (exact) mass is 354 g/mol. The first-order valence-electron chi connectivity index (χ1n) is 7.82. The Kier molecular flexibility index (Phi) is 5.22. The first kappa shape index (κ1) is 17.0. The average molecular weight is 355 g/mol. The lowest BCUT2D eigenvalue weighted by atomic mass is 9.99. The first-order valence-corrected chi connectivity index (χ1v) is 9.18. The number of aromatic nitrogens is 2. The average Bonchev–Trinajstić information content (AvgIpc) is 2.57. The molecule has 0 N–H and O–H groups in total. The van der Waals surface area contributed by atoms with Crippen LogP contribution in [0.1, 0.15) is 22.3 Å². The lowest BCUT2D eigenvalue weighted by Gasteiger charge is -2.09. The highest BCUT2D eigenvalue weighted by Crippen LogP contribution is 2.27. The molecule has 0 unspecified atom stereocenters. The van der Waals surface area contributed by atoms with Gasteiger partial charge in [0.05, 0.1) is 5.69 Å². The Balaban J connectivity index is 1.75. The fourth-order valence-electron chi connectivity index (χ4n) is 2.56. The Morgan fingerprint density at radius 3 is 2.38 bits per heavy atom. The van der Waals surface area contributed by atoms with Crippen LogP contribution in [-0.4, -0.2) is 10.2 Å². The summed E-state index contributed by atoms with van der Waals surface area (Å²) < 4.78 is 0. The molecule has 2 nitrogen and oxygen atoms in total. The Morgan fingerprint density at radius 1 is 0.875 bits per heavy atom. The van der Waals surface area contributed by atoms with Crippen LogP contribution in [-0.2, 0) is 5.75 Å². The maximum Gasteiger partial charge on any atom is 0.119 e. The van der Waals surface area contributed by atoms with Gasteiger partial charge in [0, 0.05) is 16.3 Å². The van der Waals surface area contributed by atoms with Gasteiger partial charge in [-0.05, 0) is 73.4 Å². The second-order valence-corrected chi connectivity index (χ2v) is 7.36. The van der Waals surface area contributed by atoms with Crippen LogP contribution in [0.2, 0.25) is 5.02 Å². The van der Waals surface area contributed by atoms with E-state index in [0.717, 1.165) is 27.1 Å². The highest BCUT2D eigenvalue weighted by Gasteiger charge is 2.07. The van der Waals surface area contributed by atoms with Crippen molar-refractivity contribution in [2.75, 3.05) is 0 Å². The van der Waals surface area contributed by atoms with Crippen LogP contribution >= 0.6 is 23.4 Å². The predicted octanol–water partition coefficient (Wildman–Crippen LogP) is 6.01. The molecule has 0 saturated carbocycles. The third kappa shape index (κ3) is 3.97. The van der Waals surface area contributed by atoms with Crippen LogP contribution in [0.15, 0.2) is 53.6 Å².